The summed E-state index contributed by atoms with van der Waals surface area (Å²) in [4.78, 5) is 12.7. The molecule has 0 aromatic heterocycles. The van der Waals surface area contributed by atoms with Crippen LogP contribution in [0.5, 0.6) is 5.75 Å². The van der Waals surface area contributed by atoms with Gasteiger partial charge in [-0.2, -0.15) is 0 Å². The number of carbonyl (C=O) groups excluding carboxylic acids is 1. The number of hydrogen-bond donors (Lipinski definition) is 1. The van der Waals surface area contributed by atoms with Gasteiger partial charge in [-0.3, -0.25) is 4.79 Å². The third kappa shape index (κ3) is 5.87. The van der Waals surface area contributed by atoms with E-state index in [1.54, 1.807) is 0 Å². The Morgan fingerprint density at radius 3 is 2.52 bits per heavy atom. The number of benzene rings is 1. The van der Waals surface area contributed by atoms with Gasteiger partial charge < -0.3 is 14.8 Å². The molecular formula is C19H31NO3. The Bertz CT molecular complexity index is 491. The maximum absolute atomic E-state index is 12.7. The molecule has 1 aromatic carbocycles. The molecule has 0 spiro atoms. The van der Waals surface area contributed by atoms with Gasteiger partial charge in [-0.1, -0.05) is 26.7 Å². The first-order valence-corrected chi connectivity index (χ1v) is 8.65. The first-order chi connectivity index (χ1) is 11.0. The summed E-state index contributed by atoms with van der Waals surface area (Å²) in [6.45, 7) is 11.2. The minimum absolute atomic E-state index is 0.0806. The second-order valence-corrected chi connectivity index (χ2v) is 6.05. The number of aryl methyl sites for hydroxylation is 1. The van der Waals surface area contributed by atoms with Gasteiger partial charge in [0, 0.05) is 12.3 Å². The Balaban J connectivity index is 2.82. The van der Waals surface area contributed by atoms with E-state index in [9.17, 15) is 4.79 Å². The molecule has 0 saturated heterocycles. The number of amides is 1. The van der Waals surface area contributed by atoms with E-state index in [0.29, 0.717) is 13.2 Å². The van der Waals surface area contributed by atoms with Gasteiger partial charge in [0.15, 0.2) is 0 Å². The molecule has 1 N–H and O–H groups in total. The zero-order chi connectivity index (χ0) is 17.3. The Hall–Kier alpha value is -1.55. The van der Waals surface area contributed by atoms with Gasteiger partial charge in [-0.05, 0) is 57.4 Å². The summed E-state index contributed by atoms with van der Waals surface area (Å²) in [7, 11) is 0. The van der Waals surface area contributed by atoms with E-state index < -0.39 is 5.60 Å². The van der Waals surface area contributed by atoms with E-state index in [0.717, 1.165) is 42.7 Å². The van der Waals surface area contributed by atoms with Gasteiger partial charge in [-0.15, -0.1) is 0 Å². The molecule has 0 fully saturated rings. The van der Waals surface area contributed by atoms with E-state index in [4.69, 9.17) is 9.47 Å². The van der Waals surface area contributed by atoms with Crippen molar-refractivity contribution in [1.29, 1.82) is 0 Å². The first-order valence-electron chi connectivity index (χ1n) is 8.65. The number of unbranched alkanes of at least 4 members (excludes halogenated alkanes) is 1. The monoisotopic (exact) mass is 321 g/mol. The van der Waals surface area contributed by atoms with E-state index >= 15 is 0 Å². The van der Waals surface area contributed by atoms with Gasteiger partial charge in [0.05, 0.1) is 6.61 Å². The zero-order valence-electron chi connectivity index (χ0n) is 15.2. The molecule has 4 heteroatoms. The van der Waals surface area contributed by atoms with Crippen LogP contribution in [0.2, 0.25) is 0 Å². The molecule has 0 unspecified atom stereocenters. The topological polar surface area (TPSA) is 47.6 Å². The third-order valence-electron chi connectivity index (χ3n) is 3.85. The van der Waals surface area contributed by atoms with Crippen LogP contribution in [0.4, 0.5) is 5.69 Å². The van der Waals surface area contributed by atoms with Crippen LogP contribution in [0.15, 0.2) is 18.2 Å². The molecule has 0 heterocycles. The van der Waals surface area contributed by atoms with Crippen LogP contribution in [-0.2, 0) is 9.53 Å². The van der Waals surface area contributed by atoms with E-state index in [1.165, 1.54) is 0 Å². The molecule has 0 aliphatic heterocycles. The largest absolute Gasteiger partial charge is 0.494 e. The van der Waals surface area contributed by atoms with Crippen molar-refractivity contribution in [3.63, 3.8) is 0 Å². The quantitative estimate of drug-likeness (QED) is 0.679. The van der Waals surface area contributed by atoms with Crippen molar-refractivity contribution >= 4 is 11.6 Å². The second kappa shape index (κ2) is 9.56. The summed E-state index contributed by atoms with van der Waals surface area (Å²) in [5, 5.41) is 2.99. The van der Waals surface area contributed by atoms with Crippen molar-refractivity contribution in [1.82, 2.24) is 0 Å². The van der Waals surface area contributed by atoms with Crippen molar-refractivity contribution in [3.8, 4) is 5.75 Å². The van der Waals surface area contributed by atoms with Crippen molar-refractivity contribution in [2.24, 2.45) is 0 Å². The summed E-state index contributed by atoms with van der Waals surface area (Å²) >= 11 is 0. The minimum atomic E-state index is -0.779. The molecular weight excluding hydrogens is 290 g/mol. The molecule has 0 aliphatic rings. The molecule has 1 aromatic rings. The fourth-order valence-electron chi connectivity index (χ4n) is 2.40. The van der Waals surface area contributed by atoms with Crippen LogP contribution in [0.25, 0.3) is 0 Å². The number of hydrogen-bond acceptors (Lipinski definition) is 3. The maximum Gasteiger partial charge on any atom is 0.256 e. The average Bonchev–Trinajstić information content (AvgIpc) is 2.53. The lowest BCUT2D eigenvalue weighted by Crippen LogP contribution is -2.43. The lowest BCUT2D eigenvalue weighted by molar-refractivity contribution is -0.140. The maximum atomic E-state index is 12.7. The zero-order valence-corrected chi connectivity index (χ0v) is 15.2. The lowest BCUT2D eigenvalue weighted by atomic mass is 9.97. The highest BCUT2D eigenvalue weighted by molar-refractivity contribution is 5.97. The van der Waals surface area contributed by atoms with Crippen LogP contribution in [0, 0.1) is 6.92 Å². The highest BCUT2D eigenvalue weighted by Gasteiger charge is 2.33. The molecule has 130 valence electrons. The second-order valence-electron chi connectivity index (χ2n) is 6.05. The van der Waals surface area contributed by atoms with Gasteiger partial charge in [0.1, 0.15) is 11.4 Å². The van der Waals surface area contributed by atoms with Crippen molar-refractivity contribution < 1.29 is 14.3 Å². The van der Waals surface area contributed by atoms with Crippen LogP contribution in [-0.4, -0.2) is 24.7 Å². The number of nitrogens with one attached hydrogen (secondary N) is 1. The summed E-state index contributed by atoms with van der Waals surface area (Å²) in [6.07, 6.45) is 3.64. The van der Waals surface area contributed by atoms with Crippen molar-refractivity contribution in [2.75, 3.05) is 18.5 Å². The highest BCUT2D eigenvalue weighted by atomic mass is 16.5. The number of carbonyl (C=O) groups is 1. The molecule has 23 heavy (non-hydrogen) atoms. The molecule has 1 rings (SSSR count). The highest BCUT2D eigenvalue weighted by Crippen LogP contribution is 2.25. The van der Waals surface area contributed by atoms with Crippen molar-refractivity contribution in [2.45, 2.75) is 65.9 Å². The molecule has 0 radical (unpaired) electrons. The number of rotatable bonds is 10. The summed E-state index contributed by atoms with van der Waals surface area (Å²) in [5.41, 5.74) is 1.01. The molecule has 0 saturated carbocycles. The Morgan fingerprint density at radius 2 is 1.96 bits per heavy atom. The van der Waals surface area contributed by atoms with E-state index in [2.05, 4.69) is 12.2 Å². The molecule has 0 aliphatic carbocycles. The molecule has 1 atom stereocenters. The summed E-state index contributed by atoms with van der Waals surface area (Å²) in [5.74, 6) is 0.768. The normalized spacial score (nSPS) is 13.4. The van der Waals surface area contributed by atoms with E-state index in [1.807, 2.05) is 45.9 Å². The van der Waals surface area contributed by atoms with Crippen LogP contribution < -0.4 is 10.1 Å². The van der Waals surface area contributed by atoms with Crippen LogP contribution in [0.3, 0.4) is 0 Å². The lowest BCUT2D eigenvalue weighted by Gasteiger charge is -2.28. The van der Waals surface area contributed by atoms with Gasteiger partial charge in [-0.25, -0.2) is 0 Å². The van der Waals surface area contributed by atoms with Gasteiger partial charge in [0.25, 0.3) is 5.91 Å². The molecule has 4 nitrogen and oxygen atoms in total. The summed E-state index contributed by atoms with van der Waals surface area (Å²) in [6, 6.07) is 5.70. The van der Waals surface area contributed by atoms with E-state index in [-0.39, 0.29) is 5.91 Å². The first kappa shape index (κ1) is 19.5. The van der Waals surface area contributed by atoms with Gasteiger partial charge >= 0.3 is 0 Å². The Labute approximate surface area is 140 Å². The fraction of sp³-hybridized carbons (Fsp3) is 0.632. The van der Waals surface area contributed by atoms with Crippen molar-refractivity contribution in [3.05, 3.63) is 23.8 Å². The number of anilines is 1. The Morgan fingerprint density at radius 1 is 1.22 bits per heavy atom. The predicted octanol–water partition coefficient (Wildman–Crippen LogP) is 4.71. The number of ether oxygens (including phenoxy) is 2. The predicted molar refractivity (Wildman–Crippen MR) is 95.2 cm³/mol. The Kier molecular flexibility index (Phi) is 8.10. The molecule has 1 amide bonds. The van der Waals surface area contributed by atoms with Crippen LogP contribution in [0.1, 0.15) is 58.9 Å². The standard InChI is InChI=1S/C19H31NO3/c1-6-9-12-19(5,23-13-7-2)18(21)20-16-10-11-17(22-8-3)15(4)14-16/h10-11,14H,6-9,12-13H2,1-5H3,(H,20,21)/t19-/m1/s1. The fourth-order valence-corrected chi connectivity index (χ4v) is 2.40. The molecule has 0 bridgehead atoms. The summed E-state index contributed by atoms with van der Waals surface area (Å²) < 4.78 is 11.4. The average molecular weight is 321 g/mol. The SMILES string of the molecule is CCCC[C@@](C)(OCCC)C(=O)Nc1ccc(OCC)c(C)c1. The minimum Gasteiger partial charge on any atom is -0.494 e. The smallest absolute Gasteiger partial charge is 0.256 e. The third-order valence-corrected chi connectivity index (χ3v) is 3.85. The van der Waals surface area contributed by atoms with Gasteiger partial charge in [0.2, 0.25) is 0 Å². The van der Waals surface area contributed by atoms with Crippen LogP contribution >= 0.6 is 0 Å².